The Kier molecular flexibility index (Phi) is 8.86. The fourth-order valence-electron chi connectivity index (χ4n) is 2.61. The van der Waals surface area contributed by atoms with Crippen LogP contribution < -0.4 is 9.47 Å². The fourth-order valence-corrected chi connectivity index (χ4v) is 2.61. The lowest BCUT2D eigenvalue weighted by molar-refractivity contribution is -0.385. The molecule has 0 aliphatic carbocycles. The van der Waals surface area contributed by atoms with Crippen molar-refractivity contribution < 1.29 is 43.0 Å². The molecule has 34 heavy (non-hydrogen) atoms. The van der Waals surface area contributed by atoms with Gasteiger partial charge in [0.1, 0.15) is 5.56 Å². The maximum atomic E-state index is 13.2. The van der Waals surface area contributed by atoms with E-state index >= 15 is 0 Å². The molecule has 0 unspecified atom stereocenters. The predicted octanol–water partition coefficient (Wildman–Crippen LogP) is 2.38. The molecule has 0 spiro atoms. The first-order chi connectivity index (χ1) is 16.1. The third kappa shape index (κ3) is 6.17. The van der Waals surface area contributed by atoms with Crippen LogP contribution in [-0.4, -0.2) is 65.3 Å². The van der Waals surface area contributed by atoms with Crippen molar-refractivity contribution >= 4 is 23.6 Å². The van der Waals surface area contributed by atoms with Gasteiger partial charge < -0.3 is 23.7 Å². The lowest BCUT2D eigenvalue weighted by atomic mass is 10.0. The summed E-state index contributed by atoms with van der Waals surface area (Å²) in [4.78, 5) is 48.8. The van der Waals surface area contributed by atoms with Crippen molar-refractivity contribution in [2.24, 2.45) is 5.92 Å². The topological polar surface area (TPSA) is 171 Å². The molecule has 0 saturated carbocycles. The lowest BCUT2D eigenvalue weighted by Gasteiger charge is -2.09. The summed E-state index contributed by atoms with van der Waals surface area (Å²) < 4.78 is 24.8. The number of methoxy groups -OCH3 is 2. The fraction of sp³-hybridized carbons (Fsp3) is 0.450. The Morgan fingerprint density at radius 3 is 2.21 bits per heavy atom. The molecular weight excluding hydrogens is 456 g/mol. The molecule has 0 amide bonds. The molecule has 14 heteroatoms. The van der Waals surface area contributed by atoms with Gasteiger partial charge in [-0.15, -0.1) is 15.0 Å². The maximum Gasteiger partial charge on any atom is 0.510 e. The van der Waals surface area contributed by atoms with E-state index in [1.807, 2.05) is 13.8 Å². The first-order valence-corrected chi connectivity index (χ1v) is 9.99. The van der Waals surface area contributed by atoms with Crippen LogP contribution in [0.5, 0.6) is 11.5 Å². The largest absolute Gasteiger partial charge is 0.510 e. The molecule has 0 aliphatic heterocycles. The average Bonchev–Trinajstić information content (AvgIpc) is 3.24. The Morgan fingerprint density at radius 2 is 1.65 bits per heavy atom. The molecule has 0 fully saturated rings. The van der Waals surface area contributed by atoms with Gasteiger partial charge in [0.15, 0.2) is 17.2 Å². The summed E-state index contributed by atoms with van der Waals surface area (Å²) in [5.74, 6) is -1.87. The molecule has 0 saturated heterocycles. The van der Waals surface area contributed by atoms with Gasteiger partial charge in [0, 0.05) is 6.07 Å². The van der Waals surface area contributed by atoms with Crippen molar-refractivity contribution in [3.05, 3.63) is 39.2 Å². The third-order valence-corrected chi connectivity index (χ3v) is 4.11. The molecular formula is C20H24N4O10. The number of hydrogen-bond acceptors (Lipinski definition) is 12. The van der Waals surface area contributed by atoms with Crippen LogP contribution >= 0.6 is 0 Å². The summed E-state index contributed by atoms with van der Waals surface area (Å²) >= 11 is 0. The maximum absolute atomic E-state index is 13.2. The second-order valence-electron chi connectivity index (χ2n) is 7.03. The van der Waals surface area contributed by atoms with E-state index in [-0.39, 0.29) is 30.6 Å². The van der Waals surface area contributed by atoms with Gasteiger partial charge in [0.2, 0.25) is 18.2 Å². The minimum absolute atomic E-state index is 0.0216. The van der Waals surface area contributed by atoms with Gasteiger partial charge in [-0.2, -0.15) is 0 Å². The molecule has 0 bridgehead atoms. The number of nitro benzene ring substituents is 1. The number of hydrogen-bond donors (Lipinski definition) is 0. The number of benzene rings is 1. The van der Waals surface area contributed by atoms with Crippen LogP contribution in [0.25, 0.3) is 0 Å². The van der Waals surface area contributed by atoms with E-state index in [1.165, 1.54) is 21.1 Å². The van der Waals surface area contributed by atoms with E-state index in [0.29, 0.717) is 0 Å². The molecule has 1 heterocycles. The van der Waals surface area contributed by atoms with Gasteiger partial charge >= 0.3 is 12.1 Å². The quantitative estimate of drug-likeness (QED) is 0.199. The number of esters is 1. The number of aromatic nitrogens is 3. The van der Waals surface area contributed by atoms with Crippen LogP contribution in [0.4, 0.5) is 10.5 Å². The smallest absolute Gasteiger partial charge is 0.493 e. The molecule has 14 nitrogen and oxygen atoms in total. The molecule has 0 aliphatic rings. The average molecular weight is 480 g/mol. The molecule has 2 aromatic rings. The van der Waals surface area contributed by atoms with E-state index < -0.39 is 52.2 Å². The number of ether oxygens (including phenoxy) is 5. The van der Waals surface area contributed by atoms with Crippen molar-refractivity contribution in [3.8, 4) is 11.5 Å². The van der Waals surface area contributed by atoms with Crippen molar-refractivity contribution in [1.82, 2.24) is 15.0 Å². The molecule has 0 atom stereocenters. The first-order valence-electron chi connectivity index (χ1n) is 9.99. The number of nitrogens with zero attached hydrogens (tertiary/aromatic N) is 4. The number of ketones is 1. The number of rotatable bonds is 11. The highest BCUT2D eigenvalue weighted by Crippen LogP contribution is 2.35. The summed E-state index contributed by atoms with van der Waals surface area (Å²) in [7, 11) is 2.56. The lowest BCUT2D eigenvalue weighted by Crippen LogP contribution is -2.16. The predicted molar refractivity (Wildman–Crippen MR) is 113 cm³/mol. The Bertz CT molecular complexity index is 1080. The summed E-state index contributed by atoms with van der Waals surface area (Å²) in [6.45, 7) is 4.69. The number of carbonyl (C=O) groups is 3. The molecule has 1 aromatic heterocycles. The zero-order valence-electron chi connectivity index (χ0n) is 19.2. The van der Waals surface area contributed by atoms with Crippen LogP contribution in [-0.2, 0) is 20.9 Å². The Labute approximate surface area is 193 Å². The van der Waals surface area contributed by atoms with Crippen LogP contribution in [0.2, 0.25) is 0 Å². The van der Waals surface area contributed by atoms with Crippen molar-refractivity contribution in [1.29, 1.82) is 0 Å². The van der Waals surface area contributed by atoms with Crippen LogP contribution in [0.3, 0.4) is 0 Å². The van der Waals surface area contributed by atoms with Gasteiger partial charge in [-0.1, -0.05) is 13.8 Å². The van der Waals surface area contributed by atoms with Crippen molar-refractivity contribution in [2.75, 3.05) is 27.4 Å². The Morgan fingerprint density at radius 1 is 1.03 bits per heavy atom. The Hall–Kier alpha value is -4.23. The molecule has 0 radical (unpaired) electrons. The zero-order chi connectivity index (χ0) is 25.4. The summed E-state index contributed by atoms with van der Waals surface area (Å²) in [5.41, 5.74) is -2.11. The highest BCUT2D eigenvalue weighted by molar-refractivity contribution is 6.14. The molecule has 2 rings (SSSR count). The minimum atomic E-state index is -1.01. The van der Waals surface area contributed by atoms with E-state index in [2.05, 4.69) is 10.2 Å². The summed E-state index contributed by atoms with van der Waals surface area (Å²) in [6.07, 6.45) is -1.01. The number of nitro groups is 1. The van der Waals surface area contributed by atoms with Crippen LogP contribution in [0, 0.1) is 16.0 Å². The highest BCUT2D eigenvalue weighted by Gasteiger charge is 2.32. The second kappa shape index (κ2) is 11.6. The number of carbonyl (C=O) groups excluding carboxylic acids is 3. The van der Waals surface area contributed by atoms with Crippen LogP contribution in [0.15, 0.2) is 12.1 Å². The van der Waals surface area contributed by atoms with Crippen LogP contribution in [0.1, 0.15) is 47.3 Å². The van der Waals surface area contributed by atoms with E-state index in [1.54, 1.807) is 0 Å². The third-order valence-electron chi connectivity index (χ3n) is 4.11. The zero-order valence-corrected chi connectivity index (χ0v) is 19.2. The first kappa shape index (κ1) is 26.0. The summed E-state index contributed by atoms with van der Waals surface area (Å²) in [5, 5.41) is 19.3. The summed E-state index contributed by atoms with van der Waals surface area (Å²) in [6, 6.07) is 2.10. The monoisotopic (exact) mass is 480 g/mol. The minimum Gasteiger partial charge on any atom is -0.493 e. The second-order valence-corrected chi connectivity index (χ2v) is 7.03. The standard InChI is InChI=1S/C20H24N4O10/c1-6-32-19(26)17-16(21-23(22-17)10-34-20(27)33-9-11(2)3)18(25)12-7-14(30-4)15(31-5)8-13(12)24(28)29/h7-8,11H,6,9-10H2,1-5H3. The molecule has 184 valence electrons. The molecule has 0 N–H and O–H groups in total. The van der Waals surface area contributed by atoms with Gasteiger partial charge in [0.05, 0.1) is 38.4 Å². The van der Waals surface area contributed by atoms with Gasteiger partial charge in [0.25, 0.3) is 5.69 Å². The normalized spacial score (nSPS) is 10.5. The van der Waals surface area contributed by atoms with Gasteiger partial charge in [-0.05, 0) is 12.8 Å². The van der Waals surface area contributed by atoms with Gasteiger partial charge in [-0.25, -0.2) is 9.59 Å². The SMILES string of the molecule is CCOC(=O)c1nn(COC(=O)OCC(C)C)nc1C(=O)c1cc(OC)c(OC)cc1[N+](=O)[O-]. The van der Waals surface area contributed by atoms with Crippen molar-refractivity contribution in [2.45, 2.75) is 27.5 Å². The van der Waals surface area contributed by atoms with E-state index in [4.69, 9.17) is 23.7 Å². The van der Waals surface area contributed by atoms with E-state index in [0.717, 1.165) is 16.9 Å². The van der Waals surface area contributed by atoms with E-state index in [9.17, 15) is 24.5 Å². The molecule has 1 aromatic carbocycles. The highest BCUT2D eigenvalue weighted by atomic mass is 16.7. The van der Waals surface area contributed by atoms with Crippen molar-refractivity contribution in [3.63, 3.8) is 0 Å². The Balaban J connectivity index is 2.46. The van der Waals surface area contributed by atoms with Gasteiger partial charge in [-0.3, -0.25) is 14.9 Å².